The van der Waals surface area contributed by atoms with Gasteiger partial charge in [-0.25, -0.2) is 0 Å². The molecule has 1 saturated carbocycles. The molecule has 0 spiro atoms. The third kappa shape index (κ3) is 3.39. The summed E-state index contributed by atoms with van der Waals surface area (Å²) in [7, 11) is 1.63. The molecule has 2 rings (SSSR count). The second-order valence-corrected chi connectivity index (χ2v) is 6.24. The summed E-state index contributed by atoms with van der Waals surface area (Å²) in [6, 6.07) is 3.64. The predicted octanol–water partition coefficient (Wildman–Crippen LogP) is 4.01. The normalized spacial score (nSPS) is 26.4. The van der Waals surface area contributed by atoms with Crippen molar-refractivity contribution in [2.45, 2.75) is 45.8 Å². The van der Waals surface area contributed by atoms with Gasteiger partial charge >= 0.3 is 0 Å². The lowest BCUT2D eigenvalue weighted by Crippen LogP contribution is -2.29. The van der Waals surface area contributed by atoms with Gasteiger partial charge in [0, 0.05) is 23.2 Å². The minimum atomic E-state index is 0.238. The first-order chi connectivity index (χ1) is 9.55. The Morgan fingerprint density at radius 1 is 1.25 bits per heavy atom. The van der Waals surface area contributed by atoms with E-state index in [4.69, 9.17) is 26.8 Å². The van der Waals surface area contributed by atoms with Gasteiger partial charge in [-0.1, -0.05) is 25.4 Å². The van der Waals surface area contributed by atoms with E-state index in [1.54, 1.807) is 13.2 Å². The van der Waals surface area contributed by atoms with E-state index in [-0.39, 0.29) is 6.10 Å². The maximum absolute atomic E-state index is 6.21. The molecule has 1 aromatic rings. The molecule has 112 valence electrons. The van der Waals surface area contributed by atoms with Crippen LogP contribution in [0.15, 0.2) is 12.1 Å². The summed E-state index contributed by atoms with van der Waals surface area (Å²) in [6.07, 6.45) is 3.61. The Bertz CT molecular complexity index is 439. The Labute approximate surface area is 126 Å². The topological polar surface area (TPSA) is 44.5 Å². The first-order valence-corrected chi connectivity index (χ1v) is 7.66. The Hall–Kier alpha value is -0.930. The molecule has 0 heterocycles. The minimum absolute atomic E-state index is 0.238. The molecular formula is C16H24ClNO2. The van der Waals surface area contributed by atoms with E-state index in [0.717, 1.165) is 30.1 Å². The summed E-state index contributed by atoms with van der Waals surface area (Å²) < 4.78 is 11.6. The van der Waals surface area contributed by atoms with Crippen LogP contribution in [-0.2, 0) is 6.54 Å². The van der Waals surface area contributed by atoms with Crippen LogP contribution in [0.1, 0.15) is 38.7 Å². The van der Waals surface area contributed by atoms with E-state index in [9.17, 15) is 0 Å². The lowest BCUT2D eigenvalue weighted by Gasteiger charge is -2.33. The van der Waals surface area contributed by atoms with Gasteiger partial charge in [-0.05, 0) is 37.2 Å². The summed E-state index contributed by atoms with van der Waals surface area (Å²) in [5, 5.41) is 0.625. The summed E-state index contributed by atoms with van der Waals surface area (Å²) in [5.74, 6) is 2.89. The molecule has 2 N–H and O–H groups in total. The number of ether oxygens (including phenoxy) is 2. The monoisotopic (exact) mass is 297 g/mol. The van der Waals surface area contributed by atoms with Crippen molar-refractivity contribution in [3.05, 3.63) is 22.7 Å². The van der Waals surface area contributed by atoms with Gasteiger partial charge in [-0.2, -0.15) is 0 Å². The molecule has 1 fully saturated rings. The number of hydrogen-bond acceptors (Lipinski definition) is 3. The van der Waals surface area contributed by atoms with Crippen LogP contribution in [0.5, 0.6) is 11.5 Å². The van der Waals surface area contributed by atoms with Crippen LogP contribution in [0.3, 0.4) is 0 Å². The number of hydrogen-bond donors (Lipinski definition) is 1. The van der Waals surface area contributed by atoms with Gasteiger partial charge in [0.1, 0.15) is 0 Å². The molecule has 1 aromatic carbocycles. The zero-order valence-electron chi connectivity index (χ0n) is 12.5. The molecule has 3 atom stereocenters. The molecule has 1 aliphatic rings. The van der Waals surface area contributed by atoms with Crippen LogP contribution < -0.4 is 15.2 Å². The zero-order chi connectivity index (χ0) is 14.7. The van der Waals surface area contributed by atoms with E-state index in [1.165, 1.54) is 6.42 Å². The quantitative estimate of drug-likeness (QED) is 0.913. The lowest BCUT2D eigenvalue weighted by atomic mass is 9.80. The van der Waals surface area contributed by atoms with Crippen molar-refractivity contribution in [2.24, 2.45) is 17.6 Å². The molecule has 0 aliphatic heterocycles. The average molecular weight is 298 g/mol. The van der Waals surface area contributed by atoms with Crippen molar-refractivity contribution >= 4 is 11.6 Å². The highest BCUT2D eigenvalue weighted by Gasteiger charge is 2.27. The number of methoxy groups -OCH3 is 1. The van der Waals surface area contributed by atoms with Gasteiger partial charge in [0.15, 0.2) is 11.5 Å². The van der Waals surface area contributed by atoms with Gasteiger partial charge in [-0.15, -0.1) is 0 Å². The first kappa shape index (κ1) is 15.5. The summed E-state index contributed by atoms with van der Waals surface area (Å²) in [5.41, 5.74) is 6.71. The fourth-order valence-corrected chi connectivity index (χ4v) is 3.06. The van der Waals surface area contributed by atoms with E-state index in [2.05, 4.69) is 13.8 Å². The molecule has 20 heavy (non-hydrogen) atoms. The van der Waals surface area contributed by atoms with Crippen molar-refractivity contribution in [3.63, 3.8) is 0 Å². The van der Waals surface area contributed by atoms with Crippen molar-refractivity contribution < 1.29 is 9.47 Å². The molecule has 0 radical (unpaired) electrons. The van der Waals surface area contributed by atoms with Crippen molar-refractivity contribution in [1.82, 2.24) is 0 Å². The molecule has 3 unspecified atom stereocenters. The first-order valence-electron chi connectivity index (χ1n) is 7.28. The summed E-state index contributed by atoms with van der Waals surface area (Å²) in [4.78, 5) is 0. The largest absolute Gasteiger partial charge is 0.493 e. The standard InChI is InChI=1S/C16H24ClNO2/c1-10-4-5-14(6-11(10)2)20-16-12(9-18)7-13(17)8-15(16)19-3/h7-8,10-11,14H,4-6,9,18H2,1-3H3. The molecule has 0 saturated heterocycles. The third-order valence-electron chi connectivity index (χ3n) is 4.37. The van der Waals surface area contributed by atoms with Crippen LogP contribution in [0.25, 0.3) is 0 Å². The zero-order valence-corrected chi connectivity index (χ0v) is 13.2. The molecule has 1 aliphatic carbocycles. The molecule has 0 bridgehead atoms. The second-order valence-electron chi connectivity index (χ2n) is 5.81. The fourth-order valence-electron chi connectivity index (χ4n) is 2.83. The smallest absolute Gasteiger partial charge is 0.166 e. The molecule has 3 nitrogen and oxygen atoms in total. The SMILES string of the molecule is COc1cc(Cl)cc(CN)c1OC1CCC(C)C(C)C1. The van der Waals surface area contributed by atoms with Crippen LogP contribution in [0.4, 0.5) is 0 Å². The van der Waals surface area contributed by atoms with Gasteiger partial charge in [0.05, 0.1) is 13.2 Å². The minimum Gasteiger partial charge on any atom is -0.493 e. The molecule has 4 heteroatoms. The molecule has 0 amide bonds. The van der Waals surface area contributed by atoms with Gasteiger partial charge in [0.25, 0.3) is 0 Å². The Balaban J connectivity index is 2.20. The summed E-state index contributed by atoms with van der Waals surface area (Å²) in [6.45, 7) is 5.00. The van der Waals surface area contributed by atoms with Gasteiger partial charge in [-0.3, -0.25) is 0 Å². The van der Waals surface area contributed by atoms with Gasteiger partial charge < -0.3 is 15.2 Å². The van der Waals surface area contributed by atoms with Crippen LogP contribution >= 0.6 is 11.6 Å². The third-order valence-corrected chi connectivity index (χ3v) is 4.59. The van der Waals surface area contributed by atoms with Crippen molar-refractivity contribution in [1.29, 1.82) is 0 Å². The summed E-state index contributed by atoms with van der Waals surface area (Å²) >= 11 is 6.07. The van der Waals surface area contributed by atoms with Crippen LogP contribution in [-0.4, -0.2) is 13.2 Å². The number of halogens is 1. The number of rotatable bonds is 4. The van der Waals surface area contributed by atoms with E-state index in [1.807, 2.05) is 6.07 Å². The second kappa shape index (κ2) is 6.68. The Kier molecular flexibility index (Phi) is 5.17. The molecular weight excluding hydrogens is 274 g/mol. The Morgan fingerprint density at radius 3 is 2.60 bits per heavy atom. The lowest BCUT2D eigenvalue weighted by molar-refractivity contribution is 0.0967. The van der Waals surface area contributed by atoms with Crippen molar-refractivity contribution in [3.8, 4) is 11.5 Å². The highest BCUT2D eigenvalue weighted by Crippen LogP contribution is 2.38. The highest BCUT2D eigenvalue weighted by molar-refractivity contribution is 6.30. The average Bonchev–Trinajstić information content (AvgIpc) is 2.44. The fraction of sp³-hybridized carbons (Fsp3) is 0.625. The maximum Gasteiger partial charge on any atom is 0.166 e. The Morgan fingerprint density at radius 2 is 2.00 bits per heavy atom. The van der Waals surface area contributed by atoms with Crippen molar-refractivity contribution in [2.75, 3.05) is 7.11 Å². The number of nitrogens with two attached hydrogens (primary N) is 1. The highest BCUT2D eigenvalue weighted by atomic mass is 35.5. The maximum atomic E-state index is 6.21. The van der Waals surface area contributed by atoms with Crippen LogP contribution in [0, 0.1) is 11.8 Å². The van der Waals surface area contributed by atoms with E-state index < -0.39 is 0 Å². The number of benzene rings is 1. The molecule has 0 aromatic heterocycles. The van der Waals surface area contributed by atoms with E-state index in [0.29, 0.717) is 23.2 Å². The predicted molar refractivity (Wildman–Crippen MR) is 82.5 cm³/mol. The van der Waals surface area contributed by atoms with Crippen LogP contribution in [0.2, 0.25) is 5.02 Å². The van der Waals surface area contributed by atoms with Gasteiger partial charge in [0.2, 0.25) is 0 Å². The van der Waals surface area contributed by atoms with E-state index >= 15 is 0 Å².